The molecule has 0 unspecified atom stereocenters. The lowest BCUT2D eigenvalue weighted by atomic mass is 10.1. The molecule has 1 aliphatic heterocycles. The minimum Gasteiger partial charge on any atom is -0.451 e. The van der Waals surface area contributed by atoms with Gasteiger partial charge >= 0.3 is 0 Å². The van der Waals surface area contributed by atoms with Crippen molar-refractivity contribution >= 4 is 45.9 Å². The van der Waals surface area contributed by atoms with Gasteiger partial charge in [-0.25, -0.2) is 0 Å². The van der Waals surface area contributed by atoms with Crippen molar-refractivity contribution in [3.8, 4) is 0 Å². The summed E-state index contributed by atoms with van der Waals surface area (Å²) in [6.07, 6.45) is 1.70. The zero-order valence-corrected chi connectivity index (χ0v) is 18.5. The minimum absolute atomic E-state index is 0.0709. The summed E-state index contributed by atoms with van der Waals surface area (Å²) in [6, 6.07) is 15.0. The molecule has 32 heavy (non-hydrogen) atoms. The van der Waals surface area contributed by atoms with Gasteiger partial charge in [-0.1, -0.05) is 48.0 Å². The third-order valence-electron chi connectivity index (χ3n) is 5.06. The predicted octanol–water partition coefficient (Wildman–Crippen LogP) is 4.35. The lowest BCUT2D eigenvalue weighted by Crippen LogP contribution is -2.37. The summed E-state index contributed by atoms with van der Waals surface area (Å²) in [7, 11) is 1.55. The van der Waals surface area contributed by atoms with Gasteiger partial charge in [0.2, 0.25) is 0 Å². The van der Waals surface area contributed by atoms with Crippen LogP contribution in [0.1, 0.15) is 27.2 Å². The number of hydrogen-bond acceptors (Lipinski definition) is 6. The SMILES string of the molecule is COCc1c(C(=O)NCCN2C(=O)SC(=Cc3ccc(C)cc3)C2=O)oc2ccccc12. The number of carbonyl (C=O) groups excluding carboxylic acids is 3. The molecule has 1 aromatic heterocycles. The molecule has 0 saturated carbocycles. The quantitative estimate of drug-likeness (QED) is 0.538. The second-order valence-electron chi connectivity index (χ2n) is 7.34. The number of amides is 3. The van der Waals surface area contributed by atoms with Gasteiger partial charge in [-0.05, 0) is 36.4 Å². The maximum absolute atomic E-state index is 12.7. The molecule has 1 N–H and O–H groups in total. The van der Waals surface area contributed by atoms with Crippen LogP contribution < -0.4 is 5.32 Å². The van der Waals surface area contributed by atoms with Crippen LogP contribution in [0.15, 0.2) is 57.9 Å². The van der Waals surface area contributed by atoms with E-state index in [1.54, 1.807) is 19.3 Å². The maximum Gasteiger partial charge on any atom is 0.293 e. The Bertz CT molecular complexity index is 1210. The van der Waals surface area contributed by atoms with Crippen molar-refractivity contribution in [1.29, 1.82) is 0 Å². The number of para-hydroxylation sites is 1. The van der Waals surface area contributed by atoms with Crippen LogP contribution in [0.25, 0.3) is 17.0 Å². The summed E-state index contributed by atoms with van der Waals surface area (Å²) in [6.45, 7) is 2.39. The average Bonchev–Trinajstić information content (AvgIpc) is 3.28. The zero-order valence-electron chi connectivity index (χ0n) is 17.7. The number of furan rings is 1. The van der Waals surface area contributed by atoms with E-state index >= 15 is 0 Å². The van der Waals surface area contributed by atoms with Gasteiger partial charge in [-0.15, -0.1) is 0 Å². The number of benzene rings is 2. The minimum atomic E-state index is -0.421. The van der Waals surface area contributed by atoms with E-state index in [4.69, 9.17) is 9.15 Å². The number of hydrogen-bond donors (Lipinski definition) is 1. The van der Waals surface area contributed by atoms with Crippen LogP contribution >= 0.6 is 11.8 Å². The number of imide groups is 1. The number of nitrogens with one attached hydrogen (secondary N) is 1. The molecule has 164 valence electrons. The molecule has 4 rings (SSSR count). The van der Waals surface area contributed by atoms with E-state index in [2.05, 4.69) is 5.32 Å². The first-order valence-corrected chi connectivity index (χ1v) is 10.9. The fourth-order valence-electron chi connectivity index (χ4n) is 3.44. The highest BCUT2D eigenvalue weighted by Gasteiger charge is 2.34. The molecule has 0 atom stereocenters. The van der Waals surface area contributed by atoms with Crippen molar-refractivity contribution in [2.24, 2.45) is 0 Å². The number of ether oxygens (including phenoxy) is 1. The van der Waals surface area contributed by atoms with Gasteiger partial charge in [0.05, 0.1) is 11.5 Å². The average molecular weight is 451 g/mol. The van der Waals surface area contributed by atoms with Crippen molar-refractivity contribution in [1.82, 2.24) is 10.2 Å². The molecule has 2 aromatic carbocycles. The van der Waals surface area contributed by atoms with E-state index in [0.29, 0.717) is 16.1 Å². The molecule has 1 fully saturated rings. The van der Waals surface area contributed by atoms with E-state index in [1.807, 2.05) is 49.4 Å². The van der Waals surface area contributed by atoms with Crippen LogP contribution in [0, 0.1) is 6.92 Å². The Labute approximate surface area is 189 Å². The monoisotopic (exact) mass is 450 g/mol. The molecule has 1 aliphatic rings. The highest BCUT2D eigenvalue weighted by Crippen LogP contribution is 2.32. The Morgan fingerprint density at radius 3 is 2.66 bits per heavy atom. The lowest BCUT2D eigenvalue weighted by Gasteiger charge is -2.12. The van der Waals surface area contributed by atoms with Gasteiger partial charge in [-0.3, -0.25) is 19.3 Å². The summed E-state index contributed by atoms with van der Waals surface area (Å²) >= 11 is 0.899. The molecule has 0 aliphatic carbocycles. The van der Waals surface area contributed by atoms with Crippen molar-refractivity contribution in [2.75, 3.05) is 20.2 Å². The number of thioether (sulfide) groups is 1. The van der Waals surface area contributed by atoms with Gasteiger partial charge in [0.1, 0.15) is 5.58 Å². The fraction of sp³-hybridized carbons (Fsp3) is 0.208. The van der Waals surface area contributed by atoms with Crippen molar-refractivity contribution in [3.05, 3.63) is 75.9 Å². The second kappa shape index (κ2) is 9.42. The van der Waals surface area contributed by atoms with Crippen LogP contribution in [0.5, 0.6) is 0 Å². The summed E-state index contributed by atoms with van der Waals surface area (Å²) < 4.78 is 10.9. The Morgan fingerprint density at radius 2 is 1.91 bits per heavy atom. The van der Waals surface area contributed by atoms with E-state index < -0.39 is 5.91 Å². The largest absolute Gasteiger partial charge is 0.451 e. The molecule has 3 amide bonds. The van der Waals surface area contributed by atoms with Gasteiger partial charge < -0.3 is 14.5 Å². The van der Waals surface area contributed by atoms with Crippen molar-refractivity contribution < 1.29 is 23.5 Å². The molecule has 0 radical (unpaired) electrons. The molecule has 3 aromatic rings. The molecule has 7 nitrogen and oxygen atoms in total. The Kier molecular flexibility index (Phi) is 6.43. The first-order valence-electron chi connectivity index (χ1n) is 10.1. The molecular weight excluding hydrogens is 428 g/mol. The third-order valence-corrected chi connectivity index (χ3v) is 5.97. The van der Waals surface area contributed by atoms with Crippen LogP contribution in [-0.4, -0.2) is 42.2 Å². The van der Waals surface area contributed by atoms with E-state index in [0.717, 1.165) is 33.2 Å². The maximum atomic E-state index is 12.7. The topological polar surface area (TPSA) is 88.9 Å². The summed E-state index contributed by atoms with van der Waals surface area (Å²) in [5.41, 5.74) is 3.22. The number of rotatable bonds is 7. The zero-order chi connectivity index (χ0) is 22.7. The number of carbonyl (C=O) groups is 3. The second-order valence-corrected chi connectivity index (χ2v) is 8.33. The number of fused-ring (bicyclic) bond motifs is 1. The van der Waals surface area contributed by atoms with Crippen molar-refractivity contribution in [2.45, 2.75) is 13.5 Å². The van der Waals surface area contributed by atoms with Crippen LogP contribution in [0.4, 0.5) is 4.79 Å². The molecule has 2 heterocycles. The molecular formula is C24H22N2O5S. The van der Waals surface area contributed by atoms with Crippen molar-refractivity contribution in [3.63, 3.8) is 0 Å². The summed E-state index contributed by atoms with van der Waals surface area (Å²) in [5.74, 6) is -0.615. The van der Waals surface area contributed by atoms with Gasteiger partial charge in [-0.2, -0.15) is 0 Å². The van der Waals surface area contributed by atoms with Gasteiger partial charge in [0.15, 0.2) is 5.76 Å². The number of methoxy groups -OCH3 is 1. The molecule has 0 spiro atoms. The first kappa shape index (κ1) is 21.9. The third kappa shape index (κ3) is 4.46. The van der Waals surface area contributed by atoms with Gasteiger partial charge in [0, 0.05) is 31.1 Å². The van der Waals surface area contributed by atoms with E-state index in [9.17, 15) is 14.4 Å². The lowest BCUT2D eigenvalue weighted by molar-refractivity contribution is -0.122. The Balaban J connectivity index is 1.41. The number of nitrogens with zero attached hydrogens (tertiary/aromatic N) is 1. The molecule has 0 bridgehead atoms. The highest BCUT2D eigenvalue weighted by atomic mass is 32.2. The standard InChI is InChI=1S/C24H22N2O5S/c1-15-7-9-16(10-8-15)13-20-23(28)26(24(29)32-20)12-11-25-22(27)21-18(14-30-2)17-5-3-4-6-19(17)31-21/h3-10,13H,11-12,14H2,1-2H3,(H,25,27). The Morgan fingerprint density at radius 1 is 1.16 bits per heavy atom. The predicted molar refractivity (Wildman–Crippen MR) is 123 cm³/mol. The fourth-order valence-corrected chi connectivity index (χ4v) is 4.30. The van der Waals surface area contributed by atoms with E-state index in [1.165, 1.54) is 0 Å². The van der Waals surface area contributed by atoms with Crippen LogP contribution in [0.3, 0.4) is 0 Å². The first-order chi connectivity index (χ1) is 15.5. The normalized spacial score (nSPS) is 15.2. The molecule has 1 saturated heterocycles. The Hall–Kier alpha value is -3.36. The van der Waals surface area contributed by atoms with E-state index in [-0.39, 0.29) is 36.6 Å². The van der Waals surface area contributed by atoms with Crippen LogP contribution in [-0.2, 0) is 16.1 Å². The smallest absolute Gasteiger partial charge is 0.293 e. The molecule has 8 heteroatoms. The summed E-state index contributed by atoms with van der Waals surface area (Å²) in [4.78, 5) is 39.2. The highest BCUT2D eigenvalue weighted by molar-refractivity contribution is 8.18. The summed E-state index contributed by atoms with van der Waals surface area (Å²) in [5, 5.41) is 3.19. The van der Waals surface area contributed by atoms with Gasteiger partial charge in [0.25, 0.3) is 17.1 Å². The van der Waals surface area contributed by atoms with Crippen LogP contribution in [0.2, 0.25) is 0 Å². The number of aryl methyl sites for hydroxylation is 1.